The Morgan fingerprint density at radius 1 is 0.915 bits per heavy atom. The molecule has 2 amide bonds. The fourth-order valence-electron chi connectivity index (χ4n) is 7.15. The largest absolute Gasteiger partial charge is 0.493 e. The monoisotopic (exact) mass is 638 g/mol. The first-order valence-electron chi connectivity index (χ1n) is 16.2. The van der Waals surface area contributed by atoms with Crippen molar-refractivity contribution in [2.45, 2.75) is 64.0 Å². The zero-order valence-electron chi connectivity index (χ0n) is 27.4. The molecule has 4 aromatic rings. The van der Waals surface area contributed by atoms with Crippen LogP contribution in [0.25, 0.3) is 22.0 Å². The molecule has 0 fully saturated rings. The third-order valence-corrected chi connectivity index (χ3v) is 9.26. The number of rotatable bonds is 10. The summed E-state index contributed by atoms with van der Waals surface area (Å²) in [7, 11) is 4.71. The van der Waals surface area contributed by atoms with E-state index in [1.54, 1.807) is 33.5 Å². The lowest BCUT2D eigenvalue weighted by molar-refractivity contribution is -0.122. The number of ether oxygens (including phenoxy) is 3. The van der Waals surface area contributed by atoms with Crippen molar-refractivity contribution in [2.75, 3.05) is 33.2 Å². The summed E-state index contributed by atoms with van der Waals surface area (Å²) in [5, 5.41) is 10.7. The first kappa shape index (κ1) is 32.0. The summed E-state index contributed by atoms with van der Waals surface area (Å²) >= 11 is 0. The third kappa shape index (κ3) is 6.37. The van der Waals surface area contributed by atoms with Gasteiger partial charge in [-0.3, -0.25) is 14.4 Å². The van der Waals surface area contributed by atoms with Gasteiger partial charge in [-0.15, -0.1) is 0 Å². The van der Waals surface area contributed by atoms with Crippen molar-refractivity contribution in [3.63, 3.8) is 0 Å². The van der Waals surface area contributed by atoms with E-state index in [0.717, 1.165) is 47.2 Å². The second-order valence-corrected chi connectivity index (χ2v) is 12.2. The number of aromatic amines is 1. The lowest BCUT2D eigenvalue weighted by Gasteiger charge is -2.24. The van der Waals surface area contributed by atoms with E-state index in [1.807, 2.05) is 24.3 Å². The average molecular weight is 639 g/mol. The van der Waals surface area contributed by atoms with Crippen molar-refractivity contribution in [2.24, 2.45) is 0 Å². The number of para-hydroxylation sites is 1. The van der Waals surface area contributed by atoms with Crippen molar-refractivity contribution in [1.82, 2.24) is 15.6 Å². The molecule has 0 saturated carbocycles. The predicted molar refractivity (Wildman–Crippen MR) is 183 cm³/mol. The highest BCUT2D eigenvalue weighted by molar-refractivity contribution is 5.86. The standard InChI is InChI=1S/C37H42N4O6/c1-21(42)39-28-16-14-22-19-32(45-2)36(46-3)37(47-4)34(22)24-15-17-29(31(43)20-26(24)28)38-18-8-13-33(44)40-30-12-7-10-25-23-9-5-6-11-27(23)41-35(25)30/h5-6,9,11,15,17,19-20,28,30,41H,7-8,10,12-14,16,18H2,1-4H3,(H,38,43)(H,39,42)(H,40,44)/t28-,30-/m0/s1. The minimum Gasteiger partial charge on any atom is -0.493 e. The molecule has 4 N–H and O–H groups in total. The van der Waals surface area contributed by atoms with Gasteiger partial charge in [0.1, 0.15) is 0 Å². The predicted octanol–water partition coefficient (Wildman–Crippen LogP) is 5.73. The van der Waals surface area contributed by atoms with Gasteiger partial charge in [0.2, 0.25) is 23.0 Å². The molecule has 10 heteroatoms. The van der Waals surface area contributed by atoms with Crippen LogP contribution in [0, 0.1) is 0 Å². The van der Waals surface area contributed by atoms with Gasteiger partial charge in [-0.1, -0.05) is 24.3 Å². The van der Waals surface area contributed by atoms with Crippen molar-refractivity contribution >= 4 is 28.4 Å². The lowest BCUT2D eigenvalue weighted by atomic mass is 9.91. The molecule has 2 atom stereocenters. The zero-order valence-corrected chi connectivity index (χ0v) is 27.4. The summed E-state index contributed by atoms with van der Waals surface area (Å²) in [6.07, 6.45) is 5.04. The Bertz CT molecular complexity index is 1880. The molecule has 3 aromatic carbocycles. The summed E-state index contributed by atoms with van der Waals surface area (Å²) in [6, 6.07) is 15.0. The summed E-state index contributed by atoms with van der Waals surface area (Å²) in [5.74, 6) is 1.31. The van der Waals surface area contributed by atoms with Crippen LogP contribution in [0.3, 0.4) is 0 Å². The van der Waals surface area contributed by atoms with Gasteiger partial charge in [-0.2, -0.15) is 0 Å². The molecule has 0 unspecified atom stereocenters. The van der Waals surface area contributed by atoms with Crippen LogP contribution in [-0.4, -0.2) is 44.7 Å². The molecule has 0 saturated heterocycles. The second-order valence-electron chi connectivity index (χ2n) is 12.2. The van der Waals surface area contributed by atoms with Gasteiger partial charge >= 0.3 is 0 Å². The highest BCUT2D eigenvalue weighted by Gasteiger charge is 2.30. The molecule has 246 valence electrons. The van der Waals surface area contributed by atoms with E-state index in [-0.39, 0.29) is 29.3 Å². The Hall–Kier alpha value is -4.99. The number of hydrogen-bond donors (Lipinski definition) is 4. The number of amides is 2. The van der Waals surface area contributed by atoms with Crippen molar-refractivity contribution in [3.05, 3.63) is 81.1 Å². The number of carbonyl (C=O) groups excluding carboxylic acids is 2. The smallest absolute Gasteiger partial charge is 0.220 e. The Labute approximate surface area is 274 Å². The second kappa shape index (κ2) is 13.8. The summed E-state index contributed by atoms with van der Waals surface area (Å²) in [5.41, 5.74) is 6.96. The zero-order chi connectivity index (χ0) is 33.1. The molecule has 6 rings (SSSR count). The van der Waals surface area contributed by atoms with Gasteiger partial charge in [-0.25, -0.2) is 0 Å². The van der Waals surface area contributed by atoms with Crippen LogP contribution >= 0.6 is 0 Å². The number of H-pyrrole nitrogens is 1. The third-order valence-electron chi connectivity index (χ3n) is 9.26. The molecule has 47 heavy (non-hydrogen) atoms. The number of benzene rings is 2. The number of nitrogens with one attached hydrogen (secondary N) is 4. The van der Waals surface area contributed by atoms with Gasteiger partial charge < -0.3 is 35.1 Å². The van der Waals surface area contributed by atoms with Crippen LogP contribution in [0.1, 0.15) is 73.5 Å². The Morgan fingerprint density at radius 2 is 1.72 bits per heavy atom. The van der Waals surface area contributed by atoms with Gasteiger partial charge in [0.15, 0.2) is 11.5 Å². The van der Waals surface area contributed by atoms with E-state index < -0.39 is 0 Å². The maximum atomic E-state index is 13.6. The van der Waals surface area contributed by atoms with Crippen LogP contribution in [0.2, 0.25) is 0 Å². The molecule has 0 aliphatic heterocycles. The SMILES string of the molecule is COc1cc2c(c(OC)c1OC)-c1ccc(NCCCC(=O)N[C@H]3CCCc4c3[nH]c3ccccc43)c(=O)cc1[C@@H](NC(C)=O)CC2. The van der Waals surface area contributed by atoms with Crippen LogP contribution < -0.4 is 35.6 Å². The maximum absolute atomic E-state index is 13.6. The molecule has 1 aromatic heterocycles. The van der Waals surface area contributed by atoms with Gasteiger partial charge in [0.05, 0.1) is 39.1 Å². The molecule has 1 heterocycles. The Balaban J connectivity index is 1.20. The van der Waals surface area contributed by atoms with Crippen LogP contribution in [0.15, 0.2) is 53.3 Å². The van der Waals surface area contributed by atoms with Crippen LogP contribution in [-0.2, 0) is 22.4 Å². The first-order chi connectivity index (χ1) is 22.8. The minimum atomic E-state index is -0.384. The Kier molecular flexibility index (Phi) is 9.38. The highest BCUT2D eigenvalue weighted by atomic mass is 16.5. The van der Waals surface area contributed by atoms with E-state index in [0.29, 0.717) is 60.7 Å². The van der Waals surface area contributed by atoms with Gasteiger partial charge in [0, 0.05) is 42.0 Å². The summed E-state index contributed by atoms with van der Waals surface area (Å²) in [6.45, 7) is 1.92. The molecule has 0 radical (unpaired) electrons. The Morgan fingerprint density at radius 3 is 2.49 bits per heavy atom. The van der Waals surface area contributed by atoms with E-state index in [1.165, 1.54) is 17.9 Å². The van der Waals surface area contributed by atoms with Crippen molar-refractivity contribution < 1.29 is 23.8 Å². The minimum absolute atomic E-state index is 0.0118. The lowest BCUT2D eigenvalue weighted by Crippen LogP contribution is -2.31. The molecular formula is C37H42N4O6. The average Bonchev–Trinajstić information content (AvgIpc) is 3.30. The molecule has 2 aliphatic rings. The molecule has 10 nitrogen and oxygen atoms in total. The normalized spacial score (nSPS) is 16.6. The number of aryl methyl sites for hydroxylation is 2. The molecule has 0 bridgehead atoms. The first-order valence-corrected chi connectivity index (χ1v) is 16.2. The quantitative estimate of drug-likeness (QED) is 0.163. The van der Waals surface area contributed by atoms with Crippen LogP contribution in [0.5, 0.6) is 17.2 Å². The number of hydrogen-bond acceptors (Lipinski definition) is 7. The highest BCUT2D eigenvalue weighted by Crippen LogP contribution is 2.50. The van der Waals surface area contributed by atoms with Crippen LogP contribution in [0.4, 0.5) is 5.69 Å². The molecule has 2 aliphatic carbocycles. The summed E-state index contributed by atoms with van der Waals surface area (Å²) in [4.78, 5) is 42.3. The fourth-order valence-corrected chi connectivity index (χ4v) is 7.15. The molecule has 0 spiro atoms. The van der Waals surface area contributed by atoms with Crippen molar-refractivity contribution in [3.8, 4) is 28.4 Å². The summed E-state index contributed by atoms with van der Waals surface area (Å²) < 4.78 is 17.1. The number of carbonyl (C=O) groups is 2. The van der Waals surface area contributed by atoms with E-state index in [2.05, 4.69) is 33.1 Å². The van der Waals surface area contributed by atoms with Crippen molar-refractivity contribution in [1.29, 1.82) is 0 Å². The van der Waals surface area contributed by atoms with Gasteiger partial charge in [0.25, 0.3) is 0 Å². The van der Waals surface area contributed by atoms with E-state index in [9.17, 15) is 14.4 Å². The number of aromatic nitrogens is 1. The van der Waals surface area contributed by atoms with Gasteiger partial charge in [-0.05, 0) is 85.0 Å². The molecular weight excluding hydrogens is 596 g/mol. The van der Waals surface area contributed by atoms with E-state index >= 15 is 0 Å². The topological polar surface area (TPSA) is 131 Å². The number of methoxy groups -OCH3 is 3. The number of anilines is 1. The fraction of sp³-hybridized carbons (Fsp3) is 0.378. The number of fused-ring (bicyclic) bond motifs is 6. The van der Waals surface area contributed by atoms with E-state index in [4.69, 9.17) is 14.2 Å². The maximum Gasteiger partial charge on any atom is 0.220 e.